The van der Waals surface area contributed by atoms with Gasteiger partial charge in [0, 0.05) is 0 Å². The summed E-state index contributed by atoms with van der Waals surface area (Å²) in [4.78, 5) is 0. The lowest BCUT2D eigenvalue weighted by atomic mass is 10.2. The summed E-state index contributed by atoms with van der Waals surface area (Å²) in [7, 11) is 0. The summed E-state index contributed by atoms with van der Waals surface area (Å²) in [5.41, 5.74) is 13.4. The fourth-order valence-corrected chi connectivity index (χ4v) is 1.19. The molecule has 3 nitrogen and oxygen atoms in total. The Morgan fingerprint density at radius 2 is 1.13 bits per heavy atom. The molecule has 0 aromatic rings. The van der Waals surface area contributed by atoms with E-state index in [0.717, 1.165) is 24.4 Å². The Balaban J connectivity index is 4.46. The minimum Gasteiger partial charge on any atom is -0.467 e. The molecular weight excluding hydrogens is 188 g/mol. The Hall–Kier alpha value is -0.800. The van der Waals surface area contributed by atoms with Gasteiger partial charge in [-0.2, -0.15) is 0 Å². The lowest BCUT2D eigenvalue weighted by molar-refractivity contribution is 0.297. The second kappa shape index (κ2) is 7.49. The standard InChI is InChI=1S/C12H24N2O/c1-9(5-7-13)11(3)15-12(4)10(2)6-8-14/h5-8,13-14H2,1-4H3. The molecule has 0 saturated carbocycles. The summed E-state index contributed by atoms with van der Waals surface area (Å²) >= 11 is 0. The van der Waals surface area contributed by atoms with Gasteiger partial charge in [-0.15, -0.1) is 0 Å². The molecule has 0 bridgehead atoms. The molecule has 88 valence electrons. The molecule has 0 radical (unpaired) electrons. The van der Waals surface area contributed by atoms with E-state index < -0.39 is 0 Å². The number of nitrogens with two attached hydrogens (primary N) is 2. The van der Waals surface area contributed by atoms with Gasteiger partial charge in [-0.1, -0.05) is 0 Å². The molecule has 0 heterocycles. The number of rotatable bonds is 6. The first-order valence-electron chi connectivity index (χ1n) is 5.43. The highest BCUT2D eigenvalue weighted by Crippen LogP contribution is 2.16. The lowest BCUT2D eigenvalue weighted by Crippen LogP contribution is -2.03. The van der Waals surface area contributed by atoms with E-state index in [0.29, 0.717) is 13.1 Å². The highest BCUT2D eigenvalue weighted by molar-refractivity contribution is 5.10. The van der Waals surface area contributed by atoms with Crippen LogP contribution in [0.1, 0.15) is 40.5 Å². The monoisotopic (exact) mass is 212 g/mol. The largest absolute Gasteiger partial charge is 0.467 e. The van der Waals surface area contributed by atoms with Gasteiger partial charge in [0.2, 0.25) is 0 Å². The normalized spacial score (nSPS) is 14.5. The number of hydrogen-bond donors (Lipinski definition) is 2. The number of ether oxygens (including phenoxy) is 1. The van der Waals surface area contributed by atoms with Crippen LogP contribution in [0.15, 0.2) is 22.7 Å². The molecule has 0 atom stereocenters. The maximum atomic E-state index is 5.73. The van der Waals surface area contributed by atoms with E-state index >= 15 is 0 Å². The average molecular weight is 212 g/mol. The third kappa shape index (κ3) is 5.60. The van der Waals surface area contributed by atoms with Gasteiger partial charge in [0.15, 0.2) is 0 Å². The van der Waals surface area contributed by atoms with Crippen LogP contribution in [0.4, 0.5) is 0 Å². The maximum Gasteiger partial charge on any atom is 0.0994 e. The van der Waals surface area contributed by atoms with Crippen LogP contribution in [0.5, 0.6) is 0 Å². The Kier molecular flexibility index (Phi) is 7.09. The smallest absolute Gasteiger partial charge is 0.0994 e. The Morgan fingerprint density at radius 1 is 0.800 bits per heavy atom. The molecule has 0 aromatic carbocycles. The number of allylic oxidation sites excluding steroid dienone is 2. The van der Waals surface area contributed by atoms with Crippen molar-refractivity contribution in [3.05, 3.63) is 22.7 Å². The molecule has 3 heteroatoms. The zero-order valence-corrected chi connectivity index (χ0v) is 10.4. The van der Waals surface area contributed by atoms with Crippen molar-refractivity contribution in [1.29, 1.82) is 0 Å². The topological polar surface area (TPSA) is 61.3 Å². The first-order chi connectivity index (χ1) is 7.02. The van der Waals surface area contributed by atoms with Crippen molar-refractivity contribution in [1.82, 2.24) is 0 Å². The fourth-order valence-electron chi connectivity index (χ4n) is 1.19. The van der Waals surface area contributed by atoms with E-state index in [1.807, 2.05) is 27.7 Å². The van der Waals surface area contributed by atoms with Gasteiger partial charge < -0.3 is 16.2 Å². The summed E-state index contributed by atoms with van der Waals surface area (Å²) in [5.74, 6) is 1.91. The summed E-state index contributed by atoms with van der Waals surface area (Å²) in [6.07, 6.45) is 1.77. The zero-order valence-electron chi connectivity index (χ0n) is 10.4. The van der Waals surface area contributed by atoms with E-state index in [-0.39, 0.29) is 0 Å². The van der Waals surface area contributed by atoms with Crippen molar-refractivity contribution in [2.45, 2.75) is 40.5 Å². The van der Waals surface area contributed by atoms with Gasteiger partial charge in [0.1, 0.15) is 0 Å². The lowest BCUT2D eigenvalue weighted by Gasteiger charge is -2.12. The van der Waals surface area contributed by atoms with Crippen LogP contribution >= 0.6 is 0 Å². The molecule has 0 aliphatic rings. The summed E-state index contributed by atoms with van der Waals surface area (Å²) in [5, 5.41) is 0. The van der Waals surface area contributed by atoms with Gasteiger partial charge in [-0.3, -0.25) is 0 Å². The van der Waals surface area contributed by atoms with Gasteiger partial charge >= 0.3 is 0 Å². The SMILES string of the molecule is CC(CCN)=C(C)OC(C)=C(C)CCN. The first kappa shape index (κ1) is 14.2. The summed E-state index contributed by atoms with van der Waals surface area (Å²) in [6.45, 7) is 9.38. The Morgan fingerprint density at radius 3 is 1.40 bits per heavy atom. The third-order valence-electron chi connectivity index (χ3n) is 2.55. The highest BCUT2D eigenvalue weighted by Gasteiger charge is 2.02. The minimum absolute atomic E-state index is 0.664. The predicted molar refractivity (Wildman–Crippen MR) is 65.2 cm³/mol. The van der Waals surface area contributed by atoms with Crippen molar-refractivity contribution in [2.75, 3.05) is 13.1 Å². The van der Waals surface area contributed by atoms with Crippen molar-refractivity contribution in [3.8, 4) is 0 Å². The van der Waals surface area contributed by atoms with Crippen molar-refractivity contribution >= 4 is 0 Å². The molecule has 4 N–H and O–H groups in total. The molecule has 0 aliphatic heterocycles. The van der Waals surface area contributed by atoms with Crippen LogP contribution in [0.3, 0.4) is 0 Å². The quantitative estimate of drug-likeness (QED) is 0.664. The van der Waals surface area contributed by atoms with E-state index in [1.54, 1.807) is 0 Å². The van der Waals surface area contributed by atoms with Crippen LogP contribution in [0, 0.1) is 0 Å². The summed E-state index contributed by atoms with van der Waals surface area (Å²) < 4.78 is 5.73. The number of hydrogen-bond acceptors (Lipinski definition) is 3. The molecule has 0 saturated heterocycles. The fraction of sp³-hybridized carbons (Fsp3) is 0.667. The van der Waals surface area contributed by atoms with Gasteiger partial charge in [-0.25, -0.2) is 0 Å². The molecule has 0 fully saturated rings. The first-order valence-corrected chi connectivity index (χ1v) is 5.43. The van der Waals surface area contributed by atoms with Crippen LogP contribution in [0.25, 0.3) is 0 Å². The van der Waals surface area contributed by atoms with Crippen molar-refractivity contribution in [3.63, 3.8) is 0 Å². The van der Waals surface area contributed by atoms with Crippen LogP contribution < -0.4 is 11.5 Å². The second-order valence-corrected chi connectivity index (χ2v) is 3.85. The molecule has 15 heavy (non-hydrogen) atoms. The highest BCUT2D eigenvalue weighted by atomic mass is 16.5. The van der Waals surface area contributed by atoms with Crippen LogP contribution in [-0.2, 0) is 4.74 Å². The van der Waals surface area contributed by atoms with E-state index in [9.17, 15) is 0 Å². The molecule has 0 amide bonds. The van der Waals surface area contributed by atoms with Gasteiger partial charge in [0.25, 0.3) is 0 Å². The average Bonchev–Trinajstić information content (AvgIpc) is 2.18. The summed E-state index contributed by atoms with van der Waals surface area (Å²) in [6, 6.07) is 0. The molecular formula is C12H24N2O. The van der Waals surface area contributed by atoms with Crippen molar-refractivity contribution in [2.24, 2.45) is 11.5 Å². The zero-order chi connectivity index (χ0) is 11.8. The molecule has 0 aromatic heterocycles. The molecule has 0 rings (SSSR count). The Bertz CT molecular complexity index is 228. The third-order valence-corrected chi connectivity index (χ3v) is 2.55. The second-order valence-electron chi connectivity index (χ2n) is 3.85. The van der Waals surface area contributed by atoms with Gasteiger partial charge in [-0.05, 0) is 64.8 Å². The van der Waals surface area contributed by atoms with E-state index in [4.69, 9.17) is 16.2 Å². The molecule has 0 unspecified atom stereocenters. The van der Waals surface area contributed by atoms with Crippen molar-refractivity contribution < 1.29 is 4.74 Å². The van der Waals surface area contributed by atoms with Crippen LogP contribution in [-0.4, -0.2) is 13.1 Å². The predicted octanol–water partition coefficient (Wildman–Crippen LogP) is 2.29. The van der Waals surface area contributed by atoms with E-state index in [1.165, 1.54) is 11.1 Å². The Labute approximate surface area is 93.2 Å². The molecule has 0 aliphatic carbocycles. The maximum absolute atomic E-state index is 5.73. The van der Waals surface area contributed by atoms with Gasteiger partial charge in [0.05, 0.1) is 11.5 Å². The minimum atomic E-state index is 0.664. The van der Waals surface area contributed by atoms with E-state index in [2.05, 4.69) is 0 Å². The molecule has 0 spiro atoms. The van der Waals surface area contributed by atoms with Crippen LogP contribution in [0.2, 0.25) is 0 Å².